The molecule has 0 saturated heterocycles. The molecule has 4 nitrogen and oxygen atoms in total. The van der Waals surface area contributed by atoms with E-state index in [1.54, 1.807) is 0 Å². The molecule has 4 heteroatoms. The molecule has 206 valence electrons. The third kappa shape index (κ3) is 26.5. The van der Waals surface area contributed by atoms with Gasteiger partial charge in [0.05, 0.1) is 6.42 Å². The van der Waals surface area contributed by atoms with Gasteiger partial charge in [0.1, 0.15) is 6.10 Å². The lowest BCUT2D eigenvalue weighted by molar-refractivity contribution is -0.153. The number of unbranched alkanes of at least 4 members (excludes halogenated alkanes) is 10. The molecule has 1 unspecified atom stereocenters. The fraction of sp³-hybridized carbons (Fsp3) is 0.688. The van der Waals surface area contributed by atoms with Crippen LogP contribution in [0.3, 0.4) is 0 Å². The van der Waals surface area contributed by atoms with Gasteiger partial charge in [0, 0.05) is 6.42 Å². The van der Waals surface area contributed by atoms with Gasteiger partial charge in [-0.1, -0.05) is 107 Å². The van der Waals surface area contributed by atoms with E-state index >= 15 is 0 Å². The molecular weight excluding hydrogens is 448 g/mol. The summed E-state index contributed by atoms with van der Waals surface area (Å²) in [7, 11) is 0. The van der Waals surface area contributed by atoms with Gasteiger partial charge in [0.25, 0.3) is 0 Å². The molecule has 0 amide bonds. The van der Waals surface area contributed by atoms with E-state index in [1.165, 1.54) is 38.5 Å². The van der Waals surface area contributed by atoms with Gasteiger partial charge >= 0.3 is 11.9 Å². The maximum Gasteiger partial charge on any atom is 0.307 e. The van der Waals surface area contributed by atoms with Gasteiger partial charge in [0.2, 0.25) is 0 Å². The summed E-state index contributed by atoms with van der Waals surface area (Å²) < 4.78 is 5.46. The third-order valence-corrected chi connectivity index (χ3v) is 6.04. The van der Waals surface area contributed by atoms with Gasteiger partial charge < -0.3 is 9.84 Å². The second kappa shape index (κ2) is 27.5. The molecule has 0 rings (SSSR count). The summed E-state index contributed by atoms with van der Waals surface area (Å²) in [6.45, 7) is 4.40. The Morgan fingerprint density at radius 3 is 1.67 bits per heavy atom. The van der Waals surface area contributed by atoms with Crippen LogP contribution in [0.2, 0.25) is 0 Å². The largest absolute Gasteiger partial charge is 0.481 e. The Balaban J connectivity index is 3.75. The lowest BCUT2D eigenvalue weighted by Gasteiger charge is -2.16. The van der Waals surface area contributed by atoms with Crippen molar-refractivity contribution in [2.45, 2.75) is 142 Å². The van der Waals surface area contributed by atoms with E-state index in [1.807, 2.05) is 0 Å². The first-order chi connectivity index (χ1) is 17.6. The summed E-state index contributed by atoms with van der Waals surface area (Å²) in [4.78, 5) is 23.2. The zero-order chi connectivity index (χ0) is 26.5. The van der Waals surface area contributed by atoms with E-state index in [0.717, 1.165) is 64.2 Å². The Bertz CT molecular complexity index is 630. The van der Waals surface area contributed by atoms with Crippen molar-refractivity contribution in [3.8, 4) is 0 Å². The first kappa shape index (κ1) is 33.9. The molecule has 0 aliphatic heterocycles. The van der Waals surface area contributed by atoms with Gasteiger partial charge in [-0.05, 0) is 64.2 Å². The van der Waals surface area contributed by atoms with Gasteiger partial charge in [-0.25, -0.2) is 0 Å². The van der Waals surface area contributed by atoms with Gasteiger partial charge in [-0.2, -0.15) is 0 Å². The molecule has 0 radical (unpaired) electrons. The van der Waals surface area contributed by atoms with Crippen molar-refractivity contribution in [2.75, 3.05) is 0 Å². The monoisotopic (exact) mass is 502 g/mol. The van der Waals surface area contributed by atoms with Crippen molar-refractivity contribution in [3.63, 3.8) is 0 Å². The molecule has 0 aromatic heterocycles. The number of carbonyl (C=O) groups is 2. The third-order valence-electron chi connectivity index (χ3n) is 6.04. The zero-order valence-corrected chi connectivity index (χ0v) is 23.3. The maximum atomic E-state index is 12.1. The maximum absolute atomic E-state index is 12.1. The normalized spacial score (nSPS) is 12.9. The van der Waals surface area contributed by atoms with E-state index in [2.05, 4.69) is 62.5 Å². The summed E-state index contributed by atoms with van der Waals surface area (Å²) in [5, 5.41) is 9.08. The van der Waals surface area contributed by atoms with E-state index in [0.29, 0.717) is 12.8 Å². The average Bonchev–Trinajstić information content (AvgIpc) is 2.85. The molecule has 0 aromatic rings. The fourth-order valence-electron chi connectivity index (χ4n) is 3.89. The highest BCUT2D eigenvalue weighted by Gasteiger charge is 2.17. The number of esters is 1. The highest BCUT2D eigenvalue weighted by Crippen LogP contribution is 2.14. The van der Waals surface area contributed by atoms with E-state index in [-0.39, 0.29) is 12.4 Å². The number of aliphatic carboxylic acids is 1. The Labute approximate surface area is 222 Å². The standard InChI is InChI=1S/C32H54O4/c1-3-5-7-9-10-11-12-13-14-15-16-17-18-19-20-21-22-24-26-28-32(35)36-30(29-31(33)34)27-25-23-8-6-4-2/h10-11,13-14,16-17,19-20,30H,3-9,12,15,18,21-29H2,1-2H3,(H,33,34)/b11-10-,14-13-,17-16-,20-19-. The van der Waals surface area contributed by atoms with Gasteiger partial charge in [0.15, 0.2) is 0 Å². The lowest BCUT2D eigenvalue weighted by Crippen LogP contribution is -2.21. The van der Waals surface area contributed by atoms with Crippen molar-refractivity contribution >= 4 is 11.9 Å². The summed E-state index contributed by atoms with van der Waals surface area (Å²) in [5.74, 6) is -1.16. The van der Waals surface area contributed by atoms with Crippen LogP contribution in [-0.4, -0.2) is 23.1 Å². The highest BCUT2D eigenvalue weighted by atomic mass is 16.5. The number of carboxylic acid groups (broad SMARTS) is 1. The van der Waals surface area contributed by atoms with Gasteiger partial charge in [-0.3, -0.25) is 9.59 Å². The van der Waals surface area contributed by atoms with Crippen molar-refractivity contribution in [2.24, 2.45) is 0 Å². The van der Waals surface area contributed by atoms with Crippen LogP contribution in [0.4, 0.5) is 0 Å². The molecule has 0 aromatic carbocycles. The molecule has 0 fully saturated rings. The Kier molecular flexibility index (Phi) is 25.9. The number of hydrogen-bond acceptors (Lipinski definition) is 3. The van der Waals surface area contributed by atoms with E-state index < -0.39 is 12.1 Å². The van der Waals surface area contributed by atoms with Crippen LogP contribution < -0.4 is 0 Å². The number of ether oxygens (including phenoxy) is 1. The zero-order valence-electron chi connectivity index (χ0n) is 23.3. The molecule has 1 N–H and O–H groups in total. The smallest absolute Gasteiger partial charge is 0.307 e. The molecule has 0 aliphatic carbocycles. The first-order valence-corrected chi connectivity index (χ1v) is 14.6. The average molecular weight is 503 g/mol. The molecule has 1 atom stereocenters. The Hall–Kier alpha value is -2.10. The second-order valence-corrected chi connectivity index (χ2v) is 9.60. The number of rotatable bonds is 25. The number of carboxylic acids is 1. The fourth-order valence-corrected chi connectivity index (χ4v) is 3.89. The van der Waals surface area contributed by atoms with Crippen molar-refractivity contribution in [3.05, 3.63) is 48.6 Å². The molecule has 0 spiro atoms. The lowest BCUT2D eigenvalue weighted by atomic mass is 10.1. The predicted molar refractivity (Wildman–Crippen MR) is 153 cm³/mol. The number of allylic oxidation sites excluding steroid dienone is 8. The molecule has 0 aliphatic rings. The SMILES string of the molecule is CCCCC/C=C\C/C=C\C/C=C\C/C=C\CCCCCC(=O)OC(CCCCCCC)CC(=O)O. The summed E-state index contributed by atoms with van der Waals surface area (Å²) in [5.41, 5.74) is 0. The van der Waals surface area contributed by atoms with Crippen LogP contribution in [0.25, 0.3) is 0 Å². The summed E-state index contributed by atoms with van der Waals surface area (Å²) >= 11 is 0. The highest BCUT2D eigenvalue weighted by molar-refractivity contribution is 5.71. The Morgan fingerprint density at radius 1 is 0.639 bits per heavy atom. The molecule has 36 heavy (non-hydrogen) atoms. The number of hydrogen-bond donors (Lipinski definition) is 1. The molecule has 0 heterocycles. The summed E-state index contributed by atoms with van der Waals surface area (Å²) in [6, 6.07) is 0. The van der Waals surface area contributed by atoms with Crippen molar-refractivity contribution < 1.29 is 19.4 Å². The summed E-state index contributed by atoms with van der Waals surface area (Å²) in [6.07, 6.45) is 35.7. The van der Waals surface area contributed by atoms with Crippen LogP contribution in [0, 0.1) is 0 Å². The van der Waals surface area contributed by atoms with Crippen molar-refractivity contribution in [1.29, 1.82) is 0 Å². The molecule has 0 bridgehead atoms. The van der Waals surface area contributed by atoms with Crippen LogP contribution in [0.15, 0.2) is 48.6 Å². The van der Waals surface area contributed by atoms with E-state index in [9.17, 15) is 9.59 Å². The van der Waals surface area contributed by atoms with Gasteiger partial charge in [-0.15, -0.1) is 0 Å². The minimum atomic E-state index is -0.902. The predicted octanol–water partition coefficient (Wildman–Crippen LogP) is 9.66. The van der Waals surface area contributed by atoms with Crippen LogP contribution in [0.1, 0.15) is 136 Å². The van der Waals surface area contributed by atoms with Crippen LogP contribution >= 0.6 is 0 Å². The first-order valence-electron chi connectivity index (χ1n) is 14.6. The molecular formula is C32H54O4. The van der Waals surface area contributed by atoms with Crippen LogP contribution in [-0.2, 0) is 14.3 Å². The minimum absolute atomic E-state index is 0.0917. The number of carbonyl (C=O) groups excluding carboxylic acids is 1. The van der Waals surface area contributed by atoms with E-state index in [4.69, 9.17) is 9.84 Å². The minimum Gasteiger partial charge on any atom is -0.481 e. The van der Waals surface area contributed by atoms with Crippen molar-refractivity contribution in [1.82, 2.24) is 0 Å². The quantitative estimate of drug-likeness (QED) is 0.0766. The van der Waals surface area contributed by atoms with Crippen LogP contribution in [0.5, 0.6) is 0 Å². The molecule has 0 saturated carbocycles. The second-order valence-electron chi connectivity index (χ2n) is 9.60. The Morgan fingerprint density at radius 2 is 1.11 bits per heavy atom. The topological polar surface area (TPSA) is 63.6 Å².